The number of aromatic nitrogens is 2. The number of guanidine groups is 1. The number of nitrogens with one attached hydrogen (secondary N) is 1. The number of hydrogen-bond donors (Lipinski definition) is 2. The van der Waals surface area contributed by atoms with Crippen molar-refractivity contribution >= 4 is 5.96 Å². The summed E-state index contributed by atoms with van der Waals surface area (Å²) >= 11 is 0. The lowest BCUT2D eigenvalue weighted by Crippen LogP contribution is -2.34. The molecule has 0 radical (unpaired) electrons. The Labute approximate surface area is 90.4 Å². The van der Waals surface area contributed by atoms with Crippen molar-refractivity contribution in [1.29, 1.82) is 0 Å². The summed E-state index contributed by atoms with van der Waals surface area (Å²) in [6, 6.07) is 0. The molecule has 5 heteroatoms. The van der Waals surface area contributed by atoms with E-state index >= 15 is 0 Å². The highest BCUT2D eigenvalue weighted by Gasteiger charge is 1.94. The van der Waals surface area contributed by atoms with Crippen LogP contribution < -0.4 is 11.1 Å². The minimum Gasteiger partial charge on any atom is -0.370 e. The Morgan fingerprint density at radius 3 is 3.00 bits per heavy atom. The van der Waals surface area contributed by atoms with Gasteiger partial charge < -0.3 is 15.6 Å². The summed E-state index contributed by atoms with van der Waals surface area (Å²) in [5, 5.41) is 3.06. The Bertz CT molecular complexity index is 289. The number of nitrogens with two attached hydrogens (primary N) is 1. The quantitative estimate of drug-likeness (QED) is 0.546. The van der Waals surface area contributed by atoms with Crippen molar-refractivity contribution in [3.05, 3.63) is 18.7 Å². The maximum absolute atomic E-state index is 5.68. The van der Waals surface area contributed by atoms with Crippen LogP contribution in [0.15, 0.2) is 23.7 Å². The van der Waals surface area contributed by atoms with Crippen molar-refractivity contribution in [3.8, 4) is 0 Å². The van der Waals surface area contributed by atoms with Crippen molar-refractivity contribution in [2.24, 2.45) is 16.6 Å². The average Bonchev–Trinajstić information content (AvgIpc) is 2.67. The Hall–Kier alpha value is -1.52. The SMILES string of the molecule is CC(C)CN=C(N)NCCn1ccnc1. The predicted octanol–water partition coefficient (Wildman–Crippen LogP) is 0.443. The molecule has 0 aromatic carbocycles. The van der Waals surface area contributed by atoms with E-state index in [1.54, 1.807) is 12.5 Å². The summed E-state index contributed by atoms with van der Waals surface area (Å²) in [6.07, 6.45) is 5.46. The monoisotopic (exact) mass is 209 g/mol. The van der Waals surface area contributed by atoms with E-state index in [0.29, 0.717) is 11.9 Å². The second kappa shape index (κ2) is 6.06. The van der Waals surface area contributed by atoms with Crippen molar-refractivity contribution in [2.45, 2.75) is 20.4 Å². The fourth-order valence-electron chi connectivity index (χ4n) is 1.07. The van der Waals surface area contributed by atoms with Gasteiger partial charge in [-0.1, -0.05) is 13.8 Å². The van der Waals surface area contributed by atoms with Crippen LogP contribution in [-0.2, 0) is 6.54 Å². The molecule has 0 unspecified atom stereocenters. The van der Waals surface area contributed by atoms with E-state index in [1.807, 2.05) is 10.8 Å². The number of nitrogens with zero attached hydrogens (tertiary/aromatic N) is 3. The maximum Gasteiger partial charge on any atom is 0.188 e. The van der Waals surface area contributed by atoms with Crippen molar-refractivity contribution in [3.63, 3.8) is 0 Å². The zero-order valence-corrected chi connectivity index (χ0v) is 9.35. The lowest BCUT2D eigenvalue weighted by molar-refractivity contribution is 0.649. The van der Waals surface area contributed by atoms with Crippen LogP contribution in [-0.4, -0.2) is 28.6 Å². The molecule has 1 heterocycles. The Morgan fingerprint density at radius 2 is 2.40 bits per heavy atom. The molecule has 3 N–H and O–H groups in total. The molecule has 0 aliphatic carbocycles. The minimum atomic E-state index is 0.517. The van der Waals surface area contributed by atoms with Gasteiger partial charge in [-0.3, -0.25) is 4.99 Å². The average molecular weight is 209 g/mol. The highest BCUT2D eigenvalue weighted by Crippen LogP contribution is 1.90. The van der Waals surface area contributed by atoms with Gasteiger partial charge in [-0.05, 0) is 5.92 Å². The molecule has 1 rings (SSSR count). The van der Waals surface area contributed by atoms with E-state index in [0.717, 1.165) is 19.6 Å². The van der Waals surface area contributed by atoms with Gasteiger partial charge in [0.05, 0.1) is 6.33 Å². The van der Waals surface area contributed by atoms with Gasteiger partial charge in [-0.25, -0.2) is 4.98 Å². The van der Waals surface area contributed by atoms with E-state index < -0.39 is 0 Å². The van der Waals surface area contributed by atoms with Gasteiger partial charge in [0.2, 0.25) is 0 Å². The van der Waals surface area contributed by atoms with Crippen LogP contribution >= 0.6 is 0 Å². The molecule has 0 fully saturated rings. The van der Waals surface area contributed by atoms with Crippen LogP contribution in [0, 0.1) is 5.92 Å². The molecule has 15 heavy (non-hydrogen) atoms. The normalized spacial score (nSPS) is 12.1. The molecular weight excluding hydrogens is 190 g/mol. The standard InChI is InChI=1S/C10H19N5/c1-9(2)7-14-10(11)13-4-6-15-5-3-12-8-15/h3,5,8-9H,4,6-7H2,1-2H3,(H3,11,13,14). The van der Waals surface area contributed by atoms with Crippen LogP contribution in [0.3, 0.4) is 0 Å². The highest BCUT2D eigenvalue weighted by molar-refractivity contribution is 5.77. The van der Waals surface area contributed by atoms with E-state index in [2.05, 4.69) is 29.1 Å². The van der Waals surface area contributed by atoms with Gasteiger partial charge in [-0.2, -0.15) is 0 Å². The number of hydrogen-bond acceptors (Lipinski definition) is 2. The molecule has 5 nitrogen and oxygen atoms in total. The first-order valence-corrected chi connectivity index (χ1v) is 5.18. The third-order valence-electron chi connectivity index (χ3n) is 1.86. The second-order valence-corrected chi connectivity index (χ2v) is 3.85. The van der Waals surface area contributed by atoms with Gasteiger partial charge in [-0.15, -0.1) is 0 Å². The largest absolute Gasteiger partial charge is 0.370 e. The van der Waals surface area contributed by atoms with Gasteiger partial charge in [0.25, 0.3) is 0 Å². The summed E-state index contributed by atoms with van der Waals surface area (Å²) in [4.78, 5) is 8.15. The molecule has 0 aliphatic heterocycles. The van der Waals surface area contributed by atoms with E-state index in [4.69, 9.17) is 5.73 Å². The van der Waals surface area contributed by atoms with Crippen LogP contribution in [0.4, 0.5) is 0 Å². The lowest BCUT2D eigenvalue weighted by atomic mass is 10.2. The molecular formula is C10H19N5. The molecule has 1 aromatic heterocycles. The Balaban J connectivity index is 2.17. The Kier molecular flexibility index (Phi) is 4.66. The fourth-order valence-corrected chi connectivity index (χ4v) is 1.07. The van der Waals surface area contributed by atoms with Crippen molar-refractivity contribution in [2.75, 3.05) is 13.1 Å². The van der Waals surface area contributed by atoms with Gasteiger partial charge >= 0.3 is 0 Å². The third-order valence-corrected chi connectivity index (χ3v) is 1.86. The molecule has 0 bridgehead atoms. The third kappa shape index (κ3) is 5.05. The van der Waals surface area contributed by atoms with Crippen molar-refractivity contribution < 1.29 is 0 Å². The molecule has 0 amide bonds. The molecule has 84 valence electrons. The summed E-state index contributed by atoms with van der Waals surface area (Å²) < 4.78 is 1.99. The van der Waals surface area contributed by atoms with Crippen molar-refractivity contribution in [1.82, 2.24) is 14.9 Å². The van der Waals surface area contributed by atoms with E-state index in [-0.39, 0.29) is 0 Å². The second-order valence-electron chi connectivity index (χ2n) is 3.85. The first-order valence-electron chi connectivity index (χ1n) is 5.18. The molecule has 1 aromatic rings. The zero-order valence-electron chi connectivity index (χ0n) is 9.35. The van der Waals surface area contributed by atoms with E-state index in [1.165, 1.54) is 0 Å². The summed E-state index contributed by atoms with van der Waals surface area (Å²) in [6.45, 7) is 6.61. The number of aliphatic imine (C=N–C) groups is 1. The van der Waals surface area contributed by atoms with E-state index in [9.17, 15) is 0 Å². The first-order chi connectivity index (χ1) is 7.18. The molecule has 0 aliphatic rings. The van der Waals surface area contributed by atoms with Crippen LogP contribution in [0.25, 0.3) is 0 Å². The fraction of sp³-hybridized carbons (Fsp3) is 0.600. The van der Waals surface area contributed by atoms with Crippen LogP contribution in [0.5, 0.6) is 0 Å². The minimum absolute atomic E-state index is 0.517. The smallest absolute Gasteiger partial charge is 0.188 e. The first kappa shape index (κ1) is 11.6. The van der Waals surface area contributed by atoms with Gasteiger partial charge in [0.15, 0.2) is 5.96 Å². The maximum atomic E-state index is 5.68. The summed E-state index contributed by atoms with van der Waals surface area (Å²) in [5.41, 5.74) is 5.68. The van der Waals surface area contributed by atoms with Gasteiger partial charge in [0, 0.05) is 32.0 Å². The molecule has 0 saturated heterocycles. The topological polar surface area (TPSA) is 68.2 Å². The summed E-state index contributed by atoms with van der Waals surface area (Å²) in [7, 11) is 0. The predicted molar refractivity (Wildman–Crippen MR) is 61.6 cm³/mol. The zero-order chi connectivity index (χ0) is 11.1. The molecule has 0 spiro atoms. The summed E-state index contributed by atoms with van der Waals surface area (Å²) in [5.74, 6) is 1.06. The van der Waals surface area contributed by atoms with Crippen LogP contribution in [0.1, 0.15) is 13.8 Å². The lowest BCUT2D eigenvalue weighted by Gasteiger charge is -2.06. The van der Waals surface area contributed by atoms with Crippen LogP contribution in [0.2, 0.25) is 0 Å². The van der Waals surface area contributed by atoms with Gasteiger partial charge in [0.1, 0.15) is 0 Å². The number of imidazole rings is 1. The molecule has 0 saturated carbocycles. The highest BCUT2D eigenvalue weighted by atomic mass is 15.1. The molecule has 0 atom stereocenters. The number of rotatable bonds is 5. The Morgan fingerprint density at radius 1 is 1.60 bits per heavy atom.